The lowest BCUT2D eigenvalue weighted by Crippen LogP contribution is -2.45. The van der Waals surface area contributed by atoms with Crippen LogP contribution in [0.5, 0.6) is 0 Å². The summed E-state index contributed by atoms with van der Waals surface area (Å²) in [5, 5.41) is 0. The van der Waals surface area contributed by atoms with Crippen LogP contribution >= 0.6 is 0 Å². The molecule has 0 rings (SSSR count). The van der Waals surface area contributed by atoms with Gasteiger partial charge in [-0.1, -0.05) is 36.5 Å². The highest BCUT2D eigenvalue weighted by Crippen LogP contribution is 2.31. The van der Waals surface area contributed by atoms with E-state index >= 15 is 0 Å². The fourth-order valence-corrected chi connectivity index (χ4v) is 12.4. The van der Waals surface area contributed by atoms with E-state index in [4.69, 9.17) is 7.74 Å². The summed E-state index contributed by atoms with van der Waals surface area (Å²) < 4.78 is 36.8. The molecular weight excluding hydrogens is 368 g/mol. The van der Waals surface area contributed by atoms with Gasteiger partial charge >= 0.3 is 10.4 Å². The Balaban J connectivity index is 5.73. The summed E-state index contributed by atoms with van der Waals surface area (Å²) in [5.41, 5.74) is 0. The Morgan fingerprint density at radius 1 is 0.560 bits per heavy atom. The molecule has 0 aliphatic carbocycles. The minimum Gasteiger partial charge on any atom is -0.293 e. The van der Waals surface area contributed by atoms with Crippen LogP contribution in [-0.2, 0) is 18.1 Å². The Kier molecular flexibility index (Phi) is 10.8. The zero-order valence-corrected chi connectivity index (χ0v) is 17.8. The maximum absolute atomic E-state index is 12.7. The van der Waals surface area contributed by atoms with Crippen LogP contribution in [0.3, 0.4) is 0 Å². The van der Waals surface area contributed by atoms with Crippen molar-refractivity contribution in [3.63, 3.8) is 0 Å². The smallest absolute Gasteiger partial charge is 0.293 e. The van der Waals surface area contributed by atoms with Gasteiger partial charge in [-0.2, -0.15) is 8.42 Å². The number of hydrogen-bond acceptors (Lipinski definition) is 4. The molecular formula is C18H30O4SSi2. The molecule has 0 aromatic carbocycles. The monoisotopic (exact) mass is 398 g/mol. The first-order valence-electron chi connectivity index (χ1n) is 8.10. The van der Waals surface area contributed by atoms with Crippen molar-refractivity contribution in [3.05, 3.63) is 75.9 Å². The van der Waals surface area contributed by atoms with Gasteiger partial charge in [-0.3, -0.25) is 7.74 Å². The first kappa shape index (κ1) is 23.7. The molecule has 0 aromatic rings. The molecule has 0 heterocycles. The standard InChI is InChI=1S/C18H30O4SSi2/c1-7-13-24(14-8-2,15-9-3)21-23(19,20)22-25(16-10-4,17-11-5)18-12-6/h7-12H,1-6,13-18H2. The highest BCUT2D eigenvalue weighted by Gasteiger charge is 2.42. The van der Waals surface area contributed by atoms with E-state index in [2.05, 4.69) is 39.5 Å². The number of hydrogen-bond donors (Lipinski definition) is 0. The Labute approximate surface area is 155 Å². The van der Waals surface area contributed by atoms with Gasteiger partial charge < -0.3 is 0 Å². The van der Waals surface area contributed by atoms with Crippen LogP contribution in [0.25, 0.3) is 0 Å². The highest BCUT2D eigenvalue weighted by molar-refractivity contribution is 7.84. The van der Waals surface area contributed by atoms with Crippen LogP contribution in [-0.4, -0.2) is 25.1 Å². The van der Waals surface area contributed by atoms with Crippen molar-refractivity contribution in [3.8, 4) is 0 Å². The van der Waals surface area contributed by atoms with Crippen LogP contribution in [0, 0.1) is 0 Å². The second-order valence-electron chi connectivity index (χ2n) is 5.90. The molecule has 0 saturated heterocycles. The van der Waals surface area contributed by atoms with E-state index < -0.39 is 27.0 Å². The fraction of sp³-hybridized carbons (Fsp3) is 0.333. The summed E-state index contributed by atoms with van der Waals surface area (Å²) in [6.45, 7) is 22.3. The zero-order chi connectivity index (χ0) is 19.4. The predicted molar refractivity (Wildman–Crippen MR) is 113 cm³/mol. The van der Waals surface area contributed by atoms with Gasteiger partial charge in [0.25, 0.3) is 0 Å². The molecule has 0 unspecified atom stereocenters. The van der Waals surface area contributed by atoms with Crippen LogP contribution in [0.2, 0.25) is 36.3 Å². The molecule has 7 heteroatoms. The first-order valence-corrected chi connectivity index (χ1v) is 14.5. The number of rotatable bonds is 16. The summed E-state index contributed by atoms with van der Waals surface area (Å²) in [6.07, 6.45) is 10.1. The molecule has 0 amide bonds. The maximum Gasteiger partial charge on any atom is 0.380 e. The average molecular weight is 399 g/mol. The van der Waals surface area contributed by atoms with Crippen molar-refractivity contribution in [2.45, 2.75) is 36.3 Å². The Hall–Kier alpha value is -1.26. The van der Waals surface area contributed by atoms with Crippen molar-refractivity contribution in [2.75, 3.05) is 0 Å². The molecule has 0 atom stereocenters. The van der Waals surface area contributed by atoms with Gasteiger partial charge in [0.1, 0.15) is 0 Å². The second-order valence-corrected chi connectivity index (χ2v) is 15.2. The van der Waals surface area contributed by atoms with E-state index in [9.17, 15) is 8.42 Å². The zero-order valence-electron chi connectivity index (χ0n) is 15.0. The molecule has 4 nitrogen and oxygen atoms in total. The van der Waals surface area contributed by atoms with E-state index in [0.717, 1.165) is 0 Å². The van der Waals surface area contributed by atoms with E-state index in [1.807, 2.05) is 0 Å². The van der Waals surface area contributed by atoms with Gasteiger partial charge in [0, 0.05) is 0 Å². The van der Waals surface area contributed by atoms with Crippen LogP contribution in [0.15, 0.2) is 75.9 Å². The van der Waals surface area contributed by atoms with E-state index in [1.54, 1.807) is 36.5 Å². The van der Waals surface area contributed by atoms with Crippen molar-refractivity contribution in [2.24, 2.45) is 0 Å². The minimum atomic E-state index is -4.19. The topological polar surface area (TPSA) is 52.6 Å². The molecule has 25 heavy (non-hydrogen) atoms. The van der Waals surface area contributed by atoms with Crippen LogP contribution in [0.4, 0.5) is 0 Å². The predicted octanol–water partition coefficient (Wildman–Crippen LogP) is 5.27. The van der Waals surface area contributed by atoms with Gasteiger partial charge in [-0.25, -0.2) is 0 Å². The van der Waals surface area contributed by atoms with Gasteiger partial charge in [0.2, 0.25) is 16.6 Å². The second kappa shape index (κ2) is 11.4. The molecule has 0 aliphatic rings. The maximum atomic E-state index is 12.7. The molecule has 0 aromatic heterocycles. The van der Waals surface area contributed by atoms with Gasteiger partial charge in [0.15, 0.2) is 0 Å². The summed E-state index contributed by atoms with van der Waals surface area (Å²) in [4.78, 5) is 0. The molecule has 0 spiro atoms. The summed E-state index contributed by atoms with van der Waals surface area (Å²) in [5.74, 6) is 0. The fourth-order valence-electron chi connectivity index (χ4n) is 2.73. The third-order valence-corrected chi connectivity index (χ3v) is 14.3. The molecule has 0 bridgehead atoms. The van der Waals surface area contributed by atoms with Crippen molar-refractivity contribution >= 4 is 27.0 Å². The third-order valence-electron chi connectivity index (χ3n) is 3.66. The lowest BCUT2D eigenvalue weighted by Gasteiger charge is -2.32. The SMILES string of the molecule is C=CC[Si](CC=C)(CC=C)OS(=O)(=O)O[Si](CC=C)(CC=C)CC=C. The first-order chi connectivity index (χ1) is 11.8. The normalized spacial score (nSPS) is 12.2. The molecule has 0 saturated carbocycles. The van der Waals surface area contributed by atoms with Crippen molar-refractivity contribution in [1.82, 2.24) is 0 Å². The number of allylic oxidation sites excluding steroid dienone is 6. The molecule has 0 N–H and O–H groups in total. The molecule has 0 fully saturated rings. The van der Waals surface area contributed by atoms with Gasteiger partial charge in [-0.05, 0) is 36.3 Å². The van der Waals surface area contributed by atoms with Crippen LogP contribution in [0.1, 0.15) is 0 Å². The minimum absolute atomic E-state index is 0.465. The highest BCUT2D eigenvalue weighted by atomic mass is 32.3. The van der Waals surface area contributed by atoms with Gasteiger partial charge in [-0.15, -0.1) is 39.5 Å². The summed E-state index contributed by atoms with van der Waals surface area (Å²) in [7, 11) is -9.64. The molecule has 0 radical (unpaired) electrons. The van der Waals surface area contributed by atoms with Gasteiger partial charge in [0.05, 0.1) is 0 Å². The average Bonchev–Trinajstić information content (AvgIpc) is 2.47. The van der Waals surface area contributed by atoms with Crippen molar-refractivity contribution in [1.29, 1.82) is 0 Å². The third kappa shape index (κ3) is 8.11. The van der Waals surface area contributed by atoms with E-state index in [1.165, 1.54) is 0 Å². The quantitative estimate of drug-likeness (QED) is 0.262. The summed E-state index contributed by atoms with van der Waals surface area (Å²) >= 11 is 0. The lowest BCUT2D eigenvalue weighted by atomic mass is 10.7. The summed E-state index contributed by atoms with van der Waals surface area (Å²) in [6, 6.07) is 2.79. The Bertz CT molecular complexity index is 497. The van der Waals surface area contributed by atoms with E-state index in [0.29, 0.717) is 36.3 Å². The van der Waals surface area contributed by atoms with Crippen LogP contribution < -0.4 is 0 Å². The largest absolute Gasteiger partial charge is 0.380 e. The lowest BCUT2D eigenvalue weighted by molar-refractivity contribution is 0.382. The Morgan fingerprint density at radius 2 is 0.760 bits per heavy atom. The molecule has 0 aliphatic heterocycles. The van der Waals surface area contributed by atoms with E-state index in [-0.39, 0.29) is 0 Å². The molecule has 140 valence electrons. The Morgan fingerprint density at radius 3 is 0.920 bits per heavy atom. The van der Waals surface area contributed by atoms with Crippen molar-refractivity contribution < 1.29 is 16.2 Å².